The average Bonchev–Trinajstić information content (AvgIpc) is 2.43. The predicted molar refractivity (Wildman–Crippen MR) is 71.9 cm³/mol. The van der Waals surface area contributed by atoms with Crippen LogP contribution in [0, 0.1) is 24.4 Å². The Kier molecular flexibility index (Phi) is 4.60. The van der Waals surface area contributed by atoms with Crippen LogP contribution in [0.1, 0.15) is 11.1 Å². The van der Waals surface area contributed by atoms with Gasteiger partial charge in [0.15, 0.2) is 24.1 Å². The van der Waals surface area contributed by atoms with Crippen LogP contribution >= 0.6 is 11.6 Å². The van der Waals surface area contributed by atoms with Crippen molar-refractivity contribution in [3.63, 3.8) is 0 Å². The Bertz CT molecular complexity index is 679. The smallest absolute Gasteiger partial charge is 0.306 e. The minimum absolute atomic E-state index is 0.00926. The zero-order chi connectivity index (χ0) is 16.5. The largest absolute Gasteiger partial charge is 0.485 e. The lowest BCUT2D eigenvalue weighted by molar-refractivity contribution is -0.0472. The maximum Gasteiger partial charge on any atom is 0.306 e. The first kappa shape index (κ1) is 16.5. The van der Waals surface area contributed by atoms with Gasteiger partial charge in [0.25, 0.3) is 0 Å². The van der Waals surface area contributed by atoms with Crippen LogP contribution in [0.4, 0.5) is 22.0 Å². The van der Waals surface area contributed by atoms with E-state index >= 15 is 0 Å². The summed E-state index contributed by atoms with van der Waals surface area (Å²) in [6.07, 6.45) is 0. The van der Waals surface area contributed by atoms with E-state index in [4.69, 9.17) is 16.3 Å². The van der Waals surface area contributed by atoms with Crippen LogP contribution in [0.15, 0.2) is 30.3 Å². The zero-order valence-corrected chi connectivity index (χ0v) is 12.0. The highest BCUT2D eigenvalue weighted by Gasteiger charge is 2.35. The van der Waals surface area contributed by atoms with Crippen LogP contribution in [-0.2, 0) is 5.92 Å². The third-order valence-electron chi connectivity index (χ3n) is 2.90. The second-order valence-corrected chi connectivity index (χ2v) is 5.09. The first-order valence-electron chi connectivity index (χ1n) is 6.12. The van der Waals surface area contributed by atoms with Gasteiger partial charge in [-0.05, 0) is 36.8 Å². The van der Waals surface area contributed by atoms with Gasteiger partial charge < -0.3 is 4.74 Å². The van der Waals surface area contributed by atoms with E-state index in [9.17, 15) is 22.0 Å². The molecule has 1 nitrogen and oxygen atoms in total. The van der Waals surface area contributed by atoms with Crippen molar-refractivity contribution in [1.29, 1.82) is 0 Å². The molecule has 0 atom stereocenters. The van der Waals surface area contributed by atoms with E-state index in [-0.39, 0.29) is 22.9 Å². The molecule has 0 saturated carbocycles. The van der Waals surface area contributed by atoms with Gasteiger partial charge in [-0.15, -0.1) is 0 Å². The molecule has 0 aliphatic heterocycles. The third-order valence-corrected chi connectivity index (χ3v) is 3.20. The van der Waals surface area contributed by atoms with E-state index in [1.807, 2.05) is 0 Å². The first-order valence-corrected chi connectivity index (χ1v) is 6.50. The van der Waals surface area contributed by atoms with Crippen LogP contribution < -0.4 is 4.74 Å². The van der Waals surface area contributed by atoms with Gasteiger partial charge in [0.05, 0.1) is 5.02 Å². The predicted octanol–water partition coefficient (Wildman–Crippen LogP) is 5.24. The van der Waals surface area contributed by atoms with Gasteiger partial charge >= 0.3 is 5.92 Å². The molecule has 0 fully saturated rings. The van der Waals surface area contributed by atoms with E-state index in [0.29, 0.717) is 0 Å². The van der Waals surface area contributed by atoms with E-state index in [0.717, 1.165) is 5.56 Å². The second kappa shape index (κ2) is 6.12. The highest BCUT2D eigenvalue weighted by atomic mass is 35.5. The minimum atomic E-state index is -3.72. The lowest BCUT2D eigenvalue weighted by atomic mass is 10.1. The Labute approximate surface area is 128 Å². The molecule has 2 aromatic rings. The fourth-order valence-corrected chi connectivity index (χ4v) is 2.03. The Hall–Kier alpha value is -1.82. The summed E-state index contributed by atoms with van der Waals surface area (Å²) < 4.78 is 71.6. The summed E-state index contributed by atoms with van der Waals surface area (Å²) in [5, 5.41) is 0.132. The van der Waals surface area contributed by atoms with Crippen molar-refractivity contribution in [3.05, 3.63) is 63.9 Å². The normalized spacial score (nSPS) is 11.6. The summed E-state index contributed by atoms with van der Waals surface area (Å²) in [6.45, 7) is 0.564. The van der Waals surface area contributed by atoms with Gasteiger partial charge in [0.2, 0.25) is 0 Å². The average molecular weight is 337 g/mol. The fraction of sp³-hybridized carbons (Fsp3) is 0.200. The number of halogens is 6. The number of aryl methyl sites for hydroxylation is 1. The molecule has 0 aromatic heterocycles. The van der Waals surface area contributed by atoms with Crippen molar-refractivity contribution in [2.75, 3.05) is 6.61 Å². The Morgan fingerprint density at radius 3 is 2.18 bits per heavy atom. The molecule has 0 N–H and O–H groups in total. The lowest BCUT2D eigenvalue weighted by Crippen LogP contribution is -2.24. The first-order chi connectivity index (χ1) is 10.2. The molecule has 0 unspecified atom stereocenters. The summed E-state index contributed by atoms with van der Waals surface area (Å²) in [7, 11) is 0. The number of rotatable bonds is 4. The summed E-state index contributed by atoms with van der Waals surface area (Å²) in [5.74, 6) is -8.90. The fourth-order valence-electron chi connectivity index (χ4n) is 1.74. The summed E-state index contributed by atoms with van der Waals surface area (Å²) in [5.41, 5.74) is -0.209. The second-order valence-electron chi connectivity index (χ2n) is 4.68. The highest BCUT2D eigenvalue weighted by molar-refractivity contribution is 6.32. The molecule has 0 aliphatic rings. The van der Waals surface area contributed by atoms with E-state index in [2.05, 4.69) is 0 Å². The highest BCUT2D eigenvalue weighted by Crippen LogP contribution is 2.33. The van der Waals surface area contributed by atoms with Gasteiger partial charge in [-0.1, -0.05) is 17.7 Å². The molecular weight excluding hydrogens is 327 g/mol. The van der Waals surface area contributed by atoms with Crippen LogP contribution in [0.25, 0.3) is 0 Å². The van der Waals surface area contributed by atoms with Crippen molar-refractivity contribution >= 4 is 11.6 Å². The van der Waals surface area contributed by atoms with E-state index in [1.165, 1.54) is 12.1 Å². The number of ether oxygens (including phenoxy) is 1. The molecule has 22 heavy (non-hydrogen) atoms. The monoisotopic (exact) mass is 336 g/mol. The number of benzene rings is 2. The van der Waals surface area contributed by atoms with Gasteiger partial charge in [0, 0.05) is 5.56 Å². The Balaban J connectivity index is 2.20. The van der Waals surface area contributed by atoms with Crippen LogP contribution in [0.3, 0.4) is 0 Å². The van der Waals surface area contributed by atoms with Crippen molar-refractivity contribution in [2.45, 2.75) is 12.8 Å². The molecule has 0 saturated heterocycles. The van der Waals surface area contributed by atoms with Crippen molar-refractivity contribution in [2.24, 2.45) is 0 Å². The Morgan fingerprint density at radius 1 is 1.05 bits per heavy atom. The summed E-state index contributed by atoms with van der Waals surface area (Å²) in [6, 6.07) is 5.00. The van der Waals surface area contributed by atoms with Crippen LogP contribution in [0.5, 0.6) is 5.75 Å². The number of alkyl halides is 2. The molecule has 0 spiro atoms. The van der Waals surface area contributed by atoms with Crippen molar-refractivity contribution in [1.82, 2.24) is 0 Å². The van der Waals surface area contributed by atoms with Crippen molar-refractivity contribution in [3.8, 4) is 5.75 Å². The number of hydrogen-bond donors (Lipinski definition) is 0. The molecule has 7 heteroatoms. The standard InChI is InChI=1S/C15H10ClF5O/c1-8-2-3-13(10(16)4-8)22-7-15(20,21)9-5-11(17)14(19)12(18)6-9/h2-6H,7H2,1H3. The molecule has 0 amide bonds. The zero-order valence-electron chi connectivity index (χ0n) is 11.3. The summed E-state index contributed by atoms with van der Waals surface area (Å²) >= 11 is 5.84. The molecule has 0 radical (unpaired) electrons. The SMILES string of the molecule is Cc1ccc(OCC(F)(F)c2cc(F)c(F)c(F)c2)c(Cl)c1. The van der Waals surface area contributed by atoms with Gasteiger partial charge in [-0.2, -0.15) is 8.78 Å². The lowest BCUT2D eigenvalue weighted by Gasteiger charge is -2.18. The summed E-state index contributed by atoms with van der Waals surface area (Å²) in [4.78, 5) is 0. The molecular formula is C15H10ClF5O. The molecule has 0 bridgehead atoms. The molecule has 2 rings (SSSR count). The molecule has 0 heterocycles. The quantitative estimate of drug-likeness (QED) is 0.548. The molecule has 118 valence electrons. The molecule has 0 aliphatic carbocycles. The Morgan fingerprint density at radius 2 is 1.64 bits per heavy atom. The number of hydrogen-bond acceptors (Lipinski definition) is 1. The topological polar surface area (TPSA) is 9.23 Å². The van der Waals surface area contributed by atoms with Gasteiger partial charge in [-0.3, -0.25) is 0 Å². The van der Waals surface area contributed by atoms with Crippen LogP contribution in [-0.4, -0.2) is 6.61 Å². The minimum Gasteiger partial charge on any atom is -0.485 e. The molecule has 2 aromatic carbocycles. The van der Waals surface area contributed by atoms with E-state index in [1.54, 1.807) is 13.0 Å². The van der Waals surface area contributed by atoms with Gasteiger partial charge in [-0.25, -0.2) is 13.2 Å². The maximum atomic E-state index is 13.9. The van der Waals surface area contributed by atoms with E-state index < -0.39 is 35.5 Å². The van der Waals surface area contributed by atoms with Gasteiger partial charge in [0.1, 0.15) is 5.75 Å². The van der Waals surface area contributed by atoms with Crippen LogP contribution in [0.2, 0.25) is 5.02 Å². The third kappa shape index (κ3) is 3.50. The van der Waals surface area contributed by atoms with Crippen molar-refractivity contribution < 1.29 is 26.7 Å². The maximum absolute atomic E-state index is 13.9.